The average Bonchev–Trinajstić information content (AvgIpc) is 2.27. The van der Waals surface area contributed by atoms with Crippen LogP contribution in [0.4, 0.5) is 4.39 Å². The molecule has 0 spiro atoms. The highest BCUT2D eigenvalue weighted by molar-refractivity contribution is 5.94. The maximum atomic E-state index is 12.9. The molecule has 0 saturated heterocycles. The molecule has 19 heavy (non-hydrogen) atoms. The third-order valence-electron chi connectivity index (χ3n) is 2.34. The van der Waals surface area contributed by atoms with E-state index in [0.29, 0.717) is 12.5 Å². The smallest absolute Gasteiger partial charge is 0.253 e. The molecule has 0 bridgehead atoms. The largest absolute Gasteiger partial charge is 0.348 e. The van der Waals surface area contributed by atoms with Gasteiger partial charge in [0.2, 0.25) is 0 Å². The van der Waals surface area contributed by atoms with Crippen LogP contribution in [-0.2, 0) is 0 Å². The number of aromatic nitrogens is 1. The van der Waals surface area contributed by atoms with Crippen LogP contribution in [0.25, 0.3) is 0 Å². The molecule has 1 amide bonds. The van der Waals surface area contributed by atoms with Crippen molar-refractivity contribution in [3.63, 3.8) is 0 Å². The third-order valence-corrected chi connectivity index (χ3v) is 2.34. The lowest BCUT2D eigenvalue weighted by Crippen LogP contribution is -2.41. The summed E-state index contributed by atoms with van der Waals surface area (Å²) in [6.07, 6.45) is 3.19. The Bertz CT molecular complexity index is 391. The van der Waals surface area contributed by atoms with E-state index in [9.17, 15) is 9.18 Å². The molecule has 7 heteroatoms. The predicted octanol–water partition coefficient (Wildman–Crippen LogP) is 2.17. The number of carbonyl (C=O) groups excluding carboxylic acids is 1. The summed E-state index contributed by atoms with van der Waals surface area (Å²) in [5.74, 6) is -0.423. The van der Waals surface area contributed by atoms with Crippen LogP contribution in [0.2, 0.25) is 0 Å². The number of rotatable bonds is 5. The second-order valence-corrected chi connectivity index (χ2v) is 4.43. The van der Waals surface area contributed by atoms with Gasteiger partial charge in [-0.2, -0.15) is 0 Å². The molecular formula is C12H20Cl2FN3O. The summed E-state index contributed by atoms with van der Waals surface area (Å²) in [5.41, 5.74) is 5.79. The first kappa shape index (κ1) is 20.4. The molecule has 0 aliphatic rings. The molecule has 0 aliphatic heterocycles. The number of carbonyl (C=O) groups is 1. The van der Waals surface area contributed by atoms with Gasteiger partial charge in [0, 0.05) is 18.8 Å². The van der Waals surface area contributed by atoms with E-state index in [1.807, 2.05) is 0 Å². The van der Waals surface area contributed by atoms with Crippen molar-refractivity contribution in [2.75, 3.05) is 6.54 Å². The van der Waals surface area contributed by atoms with Gasteiger partial charge in [0.05, 0.1) is 11.8 Å². The summed E-state index contributed by atoms with van der Waals surface area (Å²) in [6.45, 7) is 4.48. The summed E-state index contributed by atoms with van der Waals surface area (Å²) < 4.78 is 12.9. The van der Waals surface area contributed by atoms with E-state index in [0.717, 1.165) is 18.7 Å². The molecule has 4 nitrogen and oxygen atoms in total. The Balaban J connectivity index is 0. The Labute approximate surface area is 125 Å². The fourth-order valence-electron chi connectivity index (χ4n) is 1.59. The van der Waals surface area contributed by atoms with Gasteiger partial charge in [0.1, 0.15) is 5.82 Å². The topological polar surface area (TPSA) is 68.0 Å². The van der Waals surface area contributed by atoms with Crippen LogP contribution in [0, 0.1) is 11.7 Å². The van der Waals surface area contributed by atoms with Crippen LogP contribution in [0.3, 0.4) is 0 Å². The molecule has 1 heterocycles. The lowest BCUT2D eigenvalue weighted by Gasteiger charge is -2.18. The van der Waals surface area contributed by atoms with Gasteiger partial charge in [-0.1, -0.05) is 13.8 Å². The van der Waals surface area contributed by atoms with Crippen molar-refractivity contribution in [1.82, 2.24) is 10.3 Å². The van der Waals surface area contributed by atoms with E-state index in [1.54, 1.807) is 0 Å². The summed E-state index contributed by atoms with van der Waals surface area (Å²) in [4.78, 5) is 15.4. The Morgan fingerprint density at radius 2 is 2.05 bits per heavy atom. The minimum Gasteiger partial charge on any atom is -0.348 e. The molecule has 3 N–H and O–H groups in total. The summed E-state index contributed by atoms with van der Waals surface area (Å²) in [7, 11) is 0. The van der Waals surface area contributed by atoms with Crippen LogP contribution in [0.5, 0.6) is 0 Å². The number of hydrogen-bond donors (Lipinski definition) is 2. The van der Waals surface area contributed by atoms with Crippen LogP contribution in [0.15, 0.2) is 18.5 Å². The zero-order valence-corrected chi connectivity index (χ0v) is 12.6. The number of nitrogens with one attached hydrogen (secondary N) is 1. The number of hydrogen-bond acceptors (Lipinski definition) is 3. The molecule has 0 aliphatic carbocycles. The Hall–Kier alpha value is -0.910. The monoisotopic (exact) mass is 311 g/mol. The zero-order valence-electron chi connectivity index (χ0n) is 10.9. The van der Waals surface area contributed by atoms with Crippen LogP contribution in [-0.4, -0.2) is 23.5 Å². The van der Waals surface area contributed by atoms with Crippen molar-refractivity contribution in [2.45, 2.75) is 26.3 Å². The van der Waals surface area contributed by atoms with Crippen molar-refractivity contribution in [3.05, 3.63) is 29.8 Å². The Morgan fingerprint density at radius 1 is 1.42 bits per heavy atom. The fourth-order valence-corrected chi connectivity index (χ4v) is 1.59. The first-order chi connectivity index (χ1) is 8.02. The summed E-state index contributed by atoms with van der Waals surface area (Å²) in [6, 6.07) is 1.07. The molecular weight excluding hydrogens is 292 g/mol. The van der Waals surface area contributed by atoms with E-state index in [2.05, 4.69) is 24.1 Å². The van der Waals surface area contributed by atoms with Gasteiger partial charge in [-0.15, -0.1) is 24.8 Å². The SMILES string of the molecule is CC(C)CC(CN)NC(=O)c1cncc(F)c1.Cl.Cl. The number of pyridine rings is 1. The van der Waals surface area contributed by atoms with Crippen molar-refractivity contribution < 1.29 is 9.18 Å². The van der Waals surface area contributed by atoms with Crippen molar-refractivity contribution >= 4 is 30.7 Å². The molecule has 1 aromatic rings. The first-order valence-electron chi connectivity index (χ1n) is 5.64. The van der Waals surface area contributed by atoms with Gasteiger partial charge >= 0.3 is 0 Å². The zero-order chi connectivity index (χ0) is 12.8. The van der Waals surface area contributed by atoms with E-state index in [4.69, 9.17) is 5.73 Å². The highest BCUT2D eigenvalue weighted by Gasteiger charge is 2.14. The van der Waals surface area contributed by atoms with Gasteiger partial charge in [-0.25, -0.2) is 4.39 Å². The molecule has 0 aromatic carbocycles. The minimum atomic E-state index is -0.522. The number of nitrogens with two attached hydrogens (primary N) is 1. The van der Waals surface area contributed by atoms with Gasteiger partial charge in [-0.3, -0.25) is 9.78 Å². The first-order valence-corrected chi connectivity index (χ1v) is 5.64. The van der Waals surface area contributed by atoms with Gasteiger partial charge in [0.15, 0.2) is 0 Å². The van der Waals surface area contributed by atoms with E-state index >= 15 is 0 Å². The van der Waals surface area contributed by atoms with Crippen LogP contribution in [0.1, 0.15) is 30.6 Å². The third kappa shape index (κ3) is 7.30. The molecule has 110 valence electrons. The van der Waals surface area contributed by atoms with Crippen LogP contribution >= 0.6 is 24.8 Å². The molecule has 0 saturated carbocycles. The van der Waals surface area contributed by atoms with Gasteiger partial charge in [0.25, 0.3) is 5.91 Å². The lowest BCUT2D eigenvalue weighted by atomic mass is 10.0. The fraction of sp³-hybridized carbons (Fsp3) is 0.500. The summed E-state index contributed by atoms with van der Waals surface area (Å²) >= 11 is 0. The Kier molecular flexibility index (Phi) is 10.7. The molecule has 1 rings (SSSR count). The summed E-state index contributed by atoms with van der Waals surface area (Å²) in [5, 5.41) is 2.77. The van der Waals surface area contributed by atoms with E-state index in [1.165, 1.54) is 6.20 Å². The second-order valence-electron chi connectivity index (χ2n) is 4.43. The quantitative estimate of drug-likeness (QED) is 0.875. The van der Waals surface area contributed by atoms with Gasteiger partial charge in [-0.05, 0) is 18.4 Å². The number of halogens is 3. The Morgan fingerprint density at radius 3 is 2.53 bits per heavy atom. The van der Waals surface area contributed by atoms with Gasteiger partial charge < -0.3 is 11.1 Å². The highest BCUT2D eigenvalue weighted by atomic mass is 35.5. The highest BCUT2D eigenvalue weighted by Crippen LogP contribution is 2.06. The molecule has 1 aromatic heterocycles. The lowest BCUT2D eigenvalue weighted by molar-refractivity contribution is 0.0933. The average molecular weight is 312 g/mol. The predicted molar refractivity (Wildman–Crippen MR) is 78.5 cm³/mol. The van der Waals surface area contributed by atoms with Crippen molar-refractivity contribution in [3.8, 4) is 0 Å². The molecule has 0 radical (unpaired) electrons. The van der Waals surface area contributed by atoms with Crippen LogP contribution < -0.4 is 11.1 Å². The maximum absolute atomic E-state index is 12.9. The molecule has 0 fully saturated rings. The molecule has 1 atom stereocenters. The normalized spacial score (nSPS) is 11.2. The second kappa shape index (κ2) is 9.95. The number of amides is 1. The molecule has 1 unspecified atom stereocenters. The maximum Gasteiger partial charge on any atom is 0.253 e. The van der Waals surface area contributed by atoms with E-state index in [-0.39, 0.29) is 42.3 Å². The van der Waals surface area contributed by atoms with Crippen molar-refractivity contribution in [1.29, 1.82) is 0 Å². The standard InChI is InChI=1S/C12H18FN3O.2ClH/c1-8(2)3-11(5-14)16-12(17)9-4-10(13)7-15-6-9;;/h4,6-8,11H,3,5,14H2,1-2H3,(H,16,17);2*1H. The van der Waals surface area contributed by atoms with Crippen molar-refractivity contribution in [2.24, 2.45) is 11.7 Å². The number of nitrogens with zero attached hydrogens (tertiary/aromatic N) is 1. The minimum absolute atomic E-state index is 0. The van der Waals surface area contributed by atoms with E-state index < -0.39 is 5.82 Å².